The number of fused-ring (bicyclic) bond motifs is 1. The molecule has 4 unspecified atom stereocenters. The summed E-state index contributed by atoms with van der Waals surface area (Å²) in [4.78, 5) is 24.2. The van der Waals surface area contributed by atoms with E-state index in [1.165, 1.54) is 25.5 Å². The molecule has 158 valence electrons. The molecule has 2 aliphatic rings. The molecule has 3 rings (SSSR count). The number of anilines is 1. The second-order valence-corrected chi connectivity index (χ2v) is 6.91. The van der Waals surface area contributed by atoms with Gasteiger partial charge in [-0.25, -0.2) is 9.59 Å². The number of methoxy groups -OCH3 is 1. The Morgan fingerprint density at radius 2 is 1.86 bits per heavy atom. The highest BCUT2D eigenvalue weighted by atomic mass is 19.4. The van der Waals surface area contributed by atoms with E-state index in [1.807, 2.05) is 6.92 Å². The fourth-order valence-corrected chi connectivity index (χ4v) is 3.78. The van der Waals surface area contributed by atoms with Gasteiger partial charge in [0.25, 0.3) is 0 Å². The molecule has 1 fully saturated rings. The molecule has 0 bridgehead atoms. The number of nitrogens with one attached hydrogen (secondary N) is 1. The monoisotopic (exact) mass is 415 g/mol. The summed E-state index contributed by atoms with van der Waals surface area (Å²) in [7, 11) is 1.29. The molecule has 7 nitrogen and oxygen atoms in total. The van der Waals surface area contributed by atoms with E-state index in [4.69, 9.17) is 14.2 Å². The molecule has 1 amide bonds. The second kappa shape index (κ2) is 8.22. The van der Waals surface area contributed by atoms with E-state index >= 15 is 0 Å². The summed E-state index contributed by atoms with van der Waals surface area (Å²) in [5.41, 5.74) is 0.643. The number of amides is 1. The van der Waals surface area contributed by atoms with Crippen LogP contribution in [0.3, 0.4) is 0 Å². The van der Waals surface area contributed by atoms with Crippen LogP contribution in [0.25, 0.3) is 0 Å². The highest BCUT2D eigenvalue weighted by molar-refractivity contribution is 5.89. The van der Waals surface area contributed by atoms with Gasteiger partial charge in [0.1, 0.15) is 5.75 Å². The molecule has 0 spiro atoms. The van der Waals surface area contributed by atoms with Crippen LogP contribution in [0, 0.1) is 17.8 Å². The predicted octanol–water partition coefficient (Wildman–Crippen LogP) is 4.21. The lowest BCUT2D eigenvalue weighted by Gasteiger charge is -2.34. The maximum absolute atomic E-state index is 12.2. The van der Waals surface area contributed by atoms with Crippen LogP contribution in [-0.4, -0.2) is 31.8 Å². The van der Waals surface area contributed by atoms with Crippen LogP contribution in [0.4, 0.5) is 23.7 Å². The number of hydrogen-bond donors (Lipinski definition) is 1. The molecule has 1 saturated carbocycles. The topological polar surface area (TPSA) is 83.1 Å². The molecule has 1 aromatic carbocycles. The van der Waals surface area contributed by atoms with Crippen molar-refractivity contribution >= 4 is 17.7 Å². The van der Waals surface area contributed by atoms with Gasteiger partial charge in [-0.05, 0) is 43.0 Å². The first-order valence-electron chi connectivity index (χ1n) is 8.95. The molecule has 0 aromatic heterocycles. The van der Waals surface area contributed by atoms with Gasteiger partial charge in [0.15, 0.2) is 0 Å². The lowest BCUT2D eigenvalue weighted by Crippen LogP contribution is -2.39. The van der Waals surface area contributed by atoms with E-state index < -0.39 is 30.5 Å². The minimum Gasteiger partial charge on any atom is -0.466 e. The van der Waals surface area contributed by atoms with Crippen LogP contribution in [-0.2, 0) is 19.0 Å². The summed E-state index contributed by atoms with van der Waals surface area (Å²) >= 11 is 0. The third kappa shape index (κ3) is 4.93. The van der Waals surface area contributed by atoms with E-state index in [9.17, 15) is 22.8 Å². The molecule has 1 aliphatic carbocycles. The largest absolute Gasteiger partial charge is 0.573 e. The first kappa shape index (κ1) is 20.8. The fourth-order valence-electron chi connectivity index (χ4n) is 3.78. The lowest BCUT2D eigenvalue weighted by atomic mass is 9.83. The van der Waals surface area contributed by atoms with Crippen molar-refractivity contribution in [3.63, 3.8) is 0 Å². The molecule has 0 saturated heterocycles. The van der Waals surface area contributed by atoms with Crippen molar-refractivity contribution in [2.45, 2.75) is 32.4 Å². The predicted molar refractivity (Wildman–Crippen MR) is 93.6 cm³/mol. The zero-order chi connectivity index (χ0) is 21.2. The summed E-state index contributed by atoms with van der Waals surface area (Å²) in [5, 5.41) is 2.43. The Bertz CT molecular complexity index is 792. The number of hydrogen-bond acceptors (Lipinski definition) is 6. The van der Waals surface area contributed by atoms with Gasteiger partial charge in [-0.2, -0.15) is 0 Å². The van der Waals surface area contributed by atoms with Gasteiger partial charge < -0.3 is 18.9 Å². The molecule has 10 heteroatoms. The molecule has 4 atom stereocenters. The van der Waals surface area contributed by atoms with Crippen molar-refractivity contribution < 1.29 is 41.7 Å². The number of halogens is 3. The Balaban J connectivity index is 1.63. The normalized spacial score (nSPS) is 25.9. The van der Waals surface area contributed by atoms with Crippen molar-refractivity contribution in [1.82, 2.24) is 0 Å². The molecule has 0 radical (unpaired) electrons. The Morgan fingerprint density at radius 3 is 2.48 bits per heavy atom. The van der Waals surface area contributed by atoms with E-state index in [2.05, 4.69) is 10.1 Å². The van der Waals surface area contributed by atoms with Gasteiger partial charge in [0.2, 0.25) is 6.29 Å². The first-order valence-corrected chi connectivity index (χ1v) is 8.95. The van der Waals surface area contributed by atoms with Gasteiger partial charge in [-0.15, -0.1) is 13.2 Å². The zero-order valence-corrected chi connectivity index (χ0v) is 15.7. The molecular formula is C19H20F3NO6. The minimum atomic E-state index is -4.79. The number of rotatable bonds is 4. The van der Waals surface area contributed by atoms with Crippen LogP contribution < -0.4 is 10.1 Å². The van der Waals surface area contributed by atoms with E-state index in [0.717, 1.165) is 25.0 Å². The Hall–Kier alpha value is -2.91. The van der Waals surface area contributed by atoms with E-state index in [0.29, 0.717) is 5.57 Å². The highest BCUT2D eigenvalue weighted by Crippen LogP contribution is 2.46. The highest BCUT2D eigenvalue weighted by Gasteiger charge is 2.48. The number of benzene rings is 1. The smallest absolute Gasteiger partial charge is 0.466 e. The summed E-state index contributed by atoms with van der Waals surface area (Å²) in [6.07, 6.45) is -3.65. The standard InChI is InChI=1S/C19H20F3NO6/c1-10-3-8-13-14(16(24)26-2)9-27-17(15(10)13)28-18(25)23-11-4-6-12(7-5-11)29-19(20,21)22/h4-7,9-10,13,15,17H,3,8H2,1-2H3,(H,23,25). The van der Waals surface area contributed by atoms with Crippen LogP contribution in [0.5, 0.6) is 5.75 Å². The molecular weight excluding hydrogens is 395 g/mol. The zero-order valence-electron chi connectivity index (χ0n) is 15.7. The molecule has 1 aromatic rings. The second-order valence-electron chi connectivity index (χ2n) is 6.91. The Morgan fingerprint density at radius 1 is 1.17 bits per heavy atom. The van der Waals surface area contributed by atoms with Gasteiger partial charge in [0, 0.05) is 17.5 Å². The number of carbonyl (C=O) groups excluding carboxylic acids is 2. The number of ether oxygens (including phenoxy) is 4. The summed E-state index contributed by atoms with van der Waals surface area (Å²) in [6, 6.07) is 4.64. The molecule has 1 heterocycles. The van der Waals surface area contributed by atoms with Crippen molar-refractivity contribution in [2.75, 3.05) is 12.4 Å². The third-order valence-corrected chi connectivity index (χ3v) is 5.08. The average Bonchev–Trinajstić information content (AvgIpc) is 3.04. The van der Waals surface area contributed by atoms with Crippen molar-refractivity contribution in [3.05, 3.63) is 36.1 Å². The number of esters is 1. The lowest BCUT2D eigenvalue weighted by molar-refractivity contribution is -0.274. The van der Waals surface area contributed by atoms with Crippen LogP contribution >= 0.6 is 0 Å². The van der Waals surface area contributed by atoms with Gasteiger partial charge in [-0.1, -0.05) is 6.92 Å². The van der Waals surface area contributed by atoms with Crippen molar-refractivity contribution in [1.29, 1.82) is 0 Å². The van der Waals surface area contributed by atoms with Crippen LogP contribution in [0.2, 0.25) is 0 Å². The van der Waals surface area contributed by atoms with Gasteiger partial charge >= 0.3 is 18.4 Å². The quantitative estimate of drug-likeness (QED) is 0.742. The summed E-state index contributed by atoms with van der Waals surface area (Å²) < 4.78 is 56.0. The molecule has 1 N–H and O–H groups in total. The fraction of sp³-hybridized carbons (Fsp3) is 0.474. The first-order chi connectivity index (χ1) is 13.7. The van der Waals surface area contributed by atoms with E-state index in [1.54, 1.807) is 0 Å². The Labute approximate surface area is 164 Å². The van der Waals surface area contributed by atoms with E-state index in [-0.39, 0.29) is 23.4 Å². The van der Waals surface area contributed by atoms with Crippen molar-refractivity contribution in [2.24, 2.45) is 17.8 Å². The van der Waals surface area contributed by atoms with Crippen molar-refractivity contribution in [3.8, 4) is 5.75 Å². The maximum Gasteiger partial charge on any atom is 0.573 e. The van der Waals surface area contributed by atoms with Crippen LogP contribution in [0.1, 0.15) is 19.8 Å². The number of alkyl halides is 3. The van der Waals surface area contributed by atoms with Gasteiger partial charge in [-0.3, -0.25) is 5.32 Å². The Kier molecular flexibility index (Phi) is 5.90. The SMILES string of the molecule is COC(=O)C1=COC(OC(=O)Nc2ccc(OC(F)(F)F)cc2)C2C(C)CCC12. The average molecular weight is 415 g/mol. The summed E-state index contributed by atoms with van der Waals surface area (Å²) in [5.74, 6) is -1.07. The molecule has 1 aliphatic heterocycles. The third-order valence-electron chi connectivity index (χ3n) is 5.08. The number of carbonyl (C=O) groups is 2. The summed E-state index contributed by atoms with van der Waals surface area (Å²) in [6.45, 7) is 1.99. The minimum absolute atomic E-state index is 0.136. The van der Waals surface area contributed by atoms with Crippen LogP contribution in [0.15, 0.2) is 36.1 Å². The van der Waals surface area contributed by atoms with Gasteiger partial charge in [0.05, 0.1) is 18.9 Å². The maximum atomic E-state index is 12.2. The molecule has 29 heavy (non-hydrogen) atoms.